The lowest BCUT2D eigenvalue weighted by atomic mass is 10.1. The minimum atomic E-state index is -1.05. The van der Waals surface area contributed by atoms with Crippen LogP contribution < -0.4 is 0 Å². The number of imidazole rings is 1. The van der Waals surface area contributed by atoms with Crippen LogP contribution in [0.2, 0.25) is 0 Å². The fourth-order valence-corrected chi connectivity index (χ4v) is 6.99. The summed E-state index contributed by atoms with van der Waals surface area (Å²) in [4.78, 5) is 14.9. The predicted molar refractivity (Wildman–Crippen MR) is 117 cm³/mol. The van der Waals surface area contributed by atoms with Gasteiger partial charge >= 0.3 is 0 Å². The molecule has 0 aliphatic heterocycles. The van der Waals surface area contributed by atoms with Gasteiger partial charge in [-0.25, -0.2) is 19.5 Å². The standard InChI is InChI=1S/C19H19N5OS3/c1-4-5-6-28(25)19-16-15-12(14-8-20-11(3)24(14)23-16)7-13(22-18(15)27-19)17-21-10(2)9-26-17/h7-9,23H,4-6H2,1-3H3. The molecule has 5 aromatic rings. The van der Waals surface area contributed by atoms with Crippen LogP contribution in [0.4, 0.5) is 0 Å². The molecule has 28 heavy (non-hydrogen) atoms. The van der Waals surface area contributed by atoms with E-state index in [0.29, 0.717) is 5.75 Å². The number of aryl methyl sites for hydroxylation is 2. The molecule has 0 saturated carbocycles. The van der Waals surface area contributed by atoms with E-state index in [-0.39, 0.29) is 0 Å². The SMILES string of the molecule is CCCC[S+]([O-])c1sc2nc(-c3nc(C)cs3)cc3c2c1[nH]n1c(C)ncc31. The van der Waals surface area contributed by atoms with Crippen molar-refractivity contribution >= 4 is 60.5 Å². The van der Waals surface area contributed by atoms with E-state index in [4.69, 9.17) is 4.98 Å². The zero-order valence-electron chi connectivity index (χ0n) is 15.8. The highest BCUT2D eigenvalue weighted by Gasteiger charge is 2.25. The molecule has 0 fully saturated rings. The van der Waals surface area contributed by atoms with Crippen molar-refractivity contribution < 1.29 is 4.55 Å². The van der Waals surface area contributed by atoms with E-state index in [1.54, 1.807) is 11.3 Å². The summed E-state index contributed by atoms with van der Waals surface area (Å²) in [6, 6.07) is 2.09. The first-order valence-corrected chi connectivity index (χ1v) is 12.2. The summed E-state index contributed by atoms with van der Waals surface area (Å²) < 4.78 is 15.8. The molecule has 0 spiro atoms. The van der Waals surface area contributed by atoms with Crippen molar-refractivity contribution in [2.45, 2.75) is 37.8 Å². The van der Waals surface area contributed by atoms with Crippen LogP contribution in [-0.4, -0.2) is 34.9 Å². The van der Waals surface area contributed by atoms with Gasteiger partial charge in [0.05, 0.1) is 17.1 Å². The van der Waals surface area contributed by atoms with Crippen LogP contribution >= 0.6 is 22.7 Å². The molecule has 1 atom stereocenters. The van der Waals surface area contributed by atoms with Gasteiger partial charge in [0.2, 0.25) is 4.21 Å². The lowest BCUT2D eigenvalue weighted by Crippen LogP contribution is -2.06. The van der Waals surface area contributed by atoms with Gasteiger partial charge in [-0.2, -0.15) is 0 Å². The Morgan fingerprint density at radius 2 is 2.14 bits per heavy atom. The Labute approximate surface area is 172 Å². The summed E-state index contributed by atoms with van der Waals surface area (Å²) >= 11 is 2.07. The van der Waals surface area contributed by atoms with Crippen LogP contribution in [0, 0.1) is 13.8 Å². The summed E-state index contributed by atoms with van der Waals surface area (Å²) in [5, 5.41) is 8.48. The second-order valence-electron chi connectivity index (χ2n) is 6.83. The van der Waals surface area contributed by atoms with E-state index < -0.39 is 11.2 Å². The Morgan fingerprint density at radius 3 is 2.89 bits per heavy atom. The number of fused-ring (bicyclic) bond motifs is 2. The molecule has 1 unspecified atom stereocenters. The lowest BCUT2D eigenvalue weighted by molar-refractivity contribution is 0.594. The fraction of sp³-hybridized carbons (Fsp3) is 0.316. The molecule has 144 valence electrons. The number of H-pyrrole nitrogens is 1. The number of nitrogens with one attached hydrogen (secondary N) is 1. The van der Waals surface area contributed by atoms with Crippen molar-refractivity contribution in [3.8, 4) is 10.7 Å². The molecule has 5 aromatic heterocycles. The maximum atomic E-state index is 13.0. The van der Waals surface area contributed by atoms with Crippen molar-refractivity contribution in [2.24, 2.45) is 0 Å². The third-order valence-electron chi connectivity index (χ3n) is 4.80. The summed E-state index contributed by atoms with van der Waals surface area (Å²) in [5.74, 6) is 1.54. The first-order valence-electron chi connectivity index (χ1n) is 9.17. The topological polar surface area (TPSA) is 81.9 Å². The molecule has 0 amide bonds. The Bertz CT molecular complexity index is 1310. The minimum Gasteiger partial charge on any atom is -0.611 e. The summed E-state index contributed by atoms with van der Waals surface area (Å²) in [7, 11) is 0. The molecule has 0 saturated heterocycles. The van der Waals surface area contributed by atoms with Crippen molar-refractivity contribution in [2.75, 3.05) is 5.75 Å². The van der Waals surface area contributed by atoms with Gasteiger partial charge in [0.15, 0.2) is 0 Å². The van der Waals surface area contributed by atoms with E-state index in [0.717, 1.165) is 65.9 Å². The van der Waals surface area contributed by atoms with Gasteiger partial charge in [-0.15, -0.1) is 11.3 Å². The molecule has 0 radical (unpaired) electrons. The van der Waals surface area contributed by atoms with Crippen molar-refractivity contribution in [3.63, 3.8) is 0 Å². The van der Waals surface area contributed by atoms with Crippen molar-refractivity contribution in [1.29, 1.82) is 0 Å². The maximum absolute atomic E-state index is 13.0. The number of pyridine rings is 1. The molecule has 5 rings (SSSR count). The summed E-state index contributed by atoms with van der Waals surface area (Å²) in [6.07, 6.45) is 3.85. The highest BCUT2D eigenvalue weighted by Crippen LogP contribution is 2.41. The quantitative estimate of drug-likeness (QED) is 0.395. The van der Waals surface area contributed by atoms with Gasteiger partial charge in [0, 0.05) is 16.5 Å². The Hall–Kier alpha value is -1.94. The highest BCUT2D eigenvalue weighted by atomic mass is 32.2. The molecular formula is C19H19N5OS3. The van der Waals surface area contributed by atoms with E-state index in [1.165, 1.54) is 11.3 Å². The largest absolute Gasteiger partial charge is 0.611 e. The number of nitrogens with zero attached hydrogens (tertiary/aromatic N) is 4. The summed E-state index contributed by atoms with van der Waals surface area (Å²) in [6.45, 7) is 6.07. The minimum absolute atomic E-state index is 0.668. The Balaban J connectivity index is 1.84. The van der Waals surface area contributed by atoms with Crippen LogP contribution in [0.5, 0.6) is 0 Å². The van der Waals surface area contributed by atoms with E-state index in [1.807, 2.05) is 29.9 Å². The first kappa shape index (κ1) is 18.1. The van der Waals surface area contributed by atoms with Gasteiger partial charge in [0.1, 0.15) is 32.6 Å². The molecule has 9 heteroatoms. The Morgan fingerprint density at radius 1 is 1.29 bits per heavy atom. The van der Waals surface area contributed by atoms with Crippen molar-refractivity contribution in [1.82, 2.24) is 24.6 Å². The molecule has 0 aromatic carbocycles. The van der Waals surface area contributed by atoms with E-state index in [2.05, 4.69) is 28.1 Å². The zero-order chi connectivity index (χ0) is 19.4. The summed E-state index contributed by atoms with van der Waals surface area (Å²) in [5.41, 5.74) is 3.75. The molecule has 0 aliphatic rings. The van der Waals surface area contributed by atoms with Crippen LogP contribution in [0.1, 0.15) is 31.3 Å². The van der Waals surface area contributed by atoms with Gasteiger partial charge in [-0.05, 0) is 37.5 Å². The van der Waals surface area contributed by atoms with Crippen LogP contribution in [0.15, 0.2) is 21.9 Å². The fourth-order valence-electron chi connectivity index (χ4n) is 3.38. The predicted octanol–water partition coefficient (Wildman–Crippen LogP) is 5.07. The van der Waals surface area contributed by atoms with Crippen LogP contribution in [0.3, 0.4) is 0 Å². The van der Waals surface area contributed by atoms with Gasteiger partial charge in [-0.1, -0.05) is 24.7 Å². The first-order chi connectivity index (χ1) is 13.6. The second-order valence-corrected chi connectivity index (χ2v) is 10.5. The number of rotatable bonds is 5. The highest BCUT2D eigenvalue weighted by molar-refractivity contribution is 7.93. The second kappa shape index (κ2) is 6.84. The average molecular weight is 430 g/mol. The van der Waals surface area contributed by atoms with Crippen molar-refractivity contribution in [3.05, 3.63) is 29.2 Å². The maximum Gasteiger partial charge on any atom is 0.234 e. The van der Waals surface area contributed by atoms with Gasteiger partial charge in [0.25, 0.3) is 0 Å². The number of unbranched alkanes of at least 4 members (excludes halogenated alkanes) is 1. The van der Waals surface area contributed by atoms with Gasteiger partial charge in [-0.3, -0.25) is 5.10 Å². The zero-order valence-corrected chi connectivity index (χ0v) is 18.2. The third-order valence-corrected chi connectivity index (χ3v) is 8.74. The molecule has 1 N–H and O–H groups in total. The third kappa shape index (κ3) is 2.76. The monoisotopic (exact) mass is 429 g/mol. The van der Waals surface area contributed by atoms with Crippen LogP contribution in [-0.2, 0) is 11.2 Å². The smallest absolute Gasteiger partial charge is 0.234 e. The number of hydrogen-bond donors (Lipinski definition) is 1. The van der Waals surface area contributed by atoms with Gasteiger partial charge < -0.3 is 4.55 Å². The average Bonchev–Trinajstić information content (AvgIpc) is 3.39. The number of aromatic nitrogens is 5. The lowest BCUT2D eigenvalue weighted by Gasteiger charge is -2.09. The number of thiophene rings is 1. The molecule has 0 aliphatic carbocycles. The van der Waals surface area contributed by atoms with Crippen LogP contribution in [0.25, 0.3) is 37.3 Å². The number of hydrogen-bond acceptors (Lipinski definition) is 6. The number of aromatic amines is 1. The number of thiazole rings is 1. The molecule has 0 bridgehead atoms. The van der Waals surface area contributed by atoms with E-state index in [9.17, 15) is 4.55 Å². The normalized spacial score (nSPS) is 13.3. The molecule has 6 nitrogen and oxygen atoms in total. The molecular weight excluding hydrogens is 410 g/mol. The van der Waals surface area contributed by atoms with E-state index >= 15 is 0 Å². The Kier molecular flexibility index (Phi) is 4.42. The molecule has 5 heterocycles.